The molecular formula is C24H23N3O2. The monoisotopic (exact) mass is 385 g/mol. The molecule has 0 atom stereocenters. The maximum atomic E-state index is 12.6. The van der Waals surface area contributed by atoms with Gasteiger partial charge in [-0.05, 0) is 60.9 Å². The molecule has 0 bridgehead atoms. The molecule has 1 amide bonds. The van der Waals surface area contributed by atoms with E-state index < -0.39 is 0 Å². The van der Waals surface area contributed by atoms with Crippen LogP contribution in [0.25, 0.3) is 5.65 Å². The molecule has 0 spiro atoms. The Balaban J connectivity index is 1.44. The summed E-state index contributed by atoms with van der Waals surface area (Å²) in [5, 5.41) is 2.95. The minimum absolute atomic E-state index is 0.160. The Kier molecular flexibility index (Phi) is 5.29. The van der Waals surface area contributed by atoms with Crippen LogP contribution in [0.5, 0.6) is 5.75 Å². The lowest BCUT2D eigenvalue weighted by Crippen LogP contribution is -2.12. The summed E-state index contributed by atoms with van der Waals surface area (Å²) in [7, 11) is 0. The second-order valence-electron chi connectivity index (χ2n) is 6.98. The number of carbonyl (C=O) groups excluding carboxylic acids is 1. The van der Waals surface area contributed by atoms with E-state index in [-0.39, 0.29) is 5.91 Å². The number of fused-ring (bicyclic) bond motifs is 1. The van der Waals surface area contributed by atoms with Crippen LogP contribution in [0, 0.1) is 6.92 Å². The average Bonchev–Trinajstić information content (AvgIpc) is 3.17. The van der Waals surface area contributed by atoms with Gasteiger partial charge in [-0.3, -0.25) is 4.79 Å². The fourth-order valence-corrected chi connectivity index (χ4v) is 3.23. The lowest BCUT2D eigenvalue weighted by atomic mass is 10.1. The standard InChI is InChI=1S/C24H23N3O2/c1-3-18-8-4-10-20(13-18)26-24(28)19-9-5-11-22(14-19)29-16-21-15-27-12-6-7-17(2)23(27)25-21/h4-15H,3,16H2,1-2H3,(H,26,28). The number of pyridine rings is 1. The number of nitrogens with one attached hydrogen (secondary N) is 1. The molecule has 0 saturated heterocycles. The summed E-state index contributed by atoms with van der Waals surface area (Å²) in [6.45, 7) is 4.46. The van der Waals surface area contributed by atoms with Crippen molar-refractivity contribution in [3.05, 3.63) is 95.4 Å². The second kappa shape index (κ2) is 8.19. The van der Waals surface area contributed by atoms with Crippen molar-refractivity contribution in [2.24, 2.45) is 0 Å². The minimum atomic E-state index is -0.160. The zero-order chi connectivity index (χ0) is 20.2. The molecule has 2 aromatic carbocycles. The number of benzene rings is 2. The maximum absolute atomic E-state index is 12.6. The van der Waals surface area contributed by atoms with Gasteiger partial charge in [-0.2, -0.15) is 0 Å². The van der Waals surface area contributed by atoms with Crippen molar-refractivity contribution in [1.29, 1.82) is 0 Å². The number of ether oxygens (including phenoxy) is 1. The van der Waals surface area contributed by atoms with E-state index >= 15 is 0 Å². The van der Waals surface area contributed by atoms with Gasteiger partial charge in [-0.25, -0.2) is 4.98 Å². The van der Waals surface area contributed by atoms with Gasteiger partial charge in [-0.15, -0.1) is 0 Å². The smallest absolute Gasteiger partial charge is 0.255 e. The number of hydrogen-bond acceptors (Lipinski definition) is 3. The molecule has 4 aromatic rings. The van der Waals surface area contributed by atoms with Crippen LogP contribution in [0.4, 0.5) is 5.69 Å². The third-order valence-corrected chi connectivity index (χ3v) is 4.80. The van der Waals surface area contributed by atoms with E-state index in [1.165, 1.54) is 5.56 Å². The zero-order valence-electron chi connectivity index (χ0n) is 16.6. The van der Waals surface area contributed by atoms with Crippen molar-refractivity contribution in [2.75, 3.05) is 5.32 Å². The molecular weight excluding hydrogens is 362 g/mol. The fourth-order valence-electron chi connectivity index (χ4n) is 3.23. The first-order valence-electron chi connectivity index (χ1n) is 9.69. The number of carbonyl (C=O) groups is 1. The molecule has 0 radical (unpaired) electrons. The molecule has 2 aromatic heterocycles. The SMILES string of the molecule is CCc1cccc(NC(=O)c2cccc(OCc3cn4cccc(C)c4n3)c2)c1. The van der Waals surface area contributed by atoms with Gasteiger partial charge in [-0.1, -0.05) is 31.2 Å². The molecule has 0 aliphatic carbocycles. The molecule has 1 N–H and O–H groups in total. The van der Waals surface area contributed by atoms with E-state index in [1.807, 2.05) is 72.2 Å². The molecule has 0 saturated carbocycles. The average molecular weight is 385 g/mol. The van der Waals surface area contributed by atoms with Crippen LogP contribution in [0.2, 0.25) is 0 Å². The van der Waals surface area contributed by atoms with Gasteiger partial charge in [0.05, 0.1) is 5.69 Å². The summed E-state index contributed by atoms with van der Waals surface area (Å²) in [5.74, 6) is 0.473. The first-order valence-corrected chi connectivity index (χ1v) is 9.69. The number of aromatic nitrogens is 2. The Labute approximate surface area is 170 Å². The van der Waals surface area contributed by atoms with Crippen molar-refractivity contribution in [3.63, 3.8) is 0 Å². The van der Waals surface area contributed by atoms with Crippen molar-refractivity contribution in [1.82, 2.24) is 9.38 Å². The van der Waals surface area contributed by atoms with Gasteiger partial charge >= 0.3 is 0 Å². The quantitative estimate of drug-likeness (QED) is 0.506. The number of hydrogen-bond donors (Lipinski definition) is 1. The molecule has 0 aliphatic rings. The first kappa shape index (κ1) is 18.7. The largest absolute Gasteiger partial charge is 0.487 e. The fraction of sp³-hybridized carbons (Fsp3) is 0.167. The van der Waals surface area contributed by atoms with E-state index in [1.54, 1.807) is 12.1 Å². The Morgan fingerprint density at radius 2 is 1.97 bits per heavy atom. The highest BCUT2D eigenvalue weighted by Gasteiger charge is 2.09. The highest BCUT2D eigenvalue weighted by Crippen LogP contribution is 2.18. The Morgan fingerprint density at radius 1 is 1.10 bits per heavy atom. The predicted octanol–water partition coefficient (Wildman–Crippen LogP) is 5.04. The van der Waals surface area contributed by atoms with Gasteiger partial charge in [0.2, 0.25) is 0 Å². The maximum Gasteiger partial charge on any atom is 0.255 e. The number of nitrogens with zero attached hydrogens (tertiary/aromatic N) is 2. The summed E-state index contributed by atoms with van der Waals surface area (Å²) in [5.41, 5.74) is 5.40. The predicted molar refractivity (Wildman–Crippen MR) is 114 cm³/mol. The van der Waals surface area contributed by atoms with Gasteiger partial charge in [0, 0.05) is 23.6 Å². The normalized spacial score (nSPS) is 10.8. The number of anilines is 1. The number of imidazole rings is 1. The van der Waals surface area contributed by atoms with Crippen LogP contribution < -0.4 is 10.1 Å². The van der Waals surface area contributed by atoms with Gasteiger partial charge in [0.15, 0.2) is 0 Å². The van der Waals surface area contributed by atoms with Crippen molar-refractivity contribution in [2.45, 2.75) is 26.9 Å². The van der Waals surface area contributed by atoms with Gasteiger partial charge in [0.1, 0.15) is 18.0 Å². The van der Waals surface area contributed by atoms with Crippen molar-refractivity contribution >= 4 is 17.2 Å². The van der Waals surface area contributed by atoms with Crippen LogP contribution in [0.3, 0.4) is 0 Å². The van der Waals surface area contributed by atoms with E-state index in [2.05, 4.69) is 17.2 Å². The molecule has 146 valence electrons. The topological polar surface area (TPSA) is 55.6 Å². The number of aryl methyl sites for hydroxylation is 2. The number of rotatable bonds is 6. The Morgan fingerprint density at radius 3 is 2.79 bits per heavy atom. The van der Waals surface area contributed by atoms with E-state index in [0.29, 0.717) is 17.9 Å². The van der Waals surface area contributed by atoms with Crippen LogP contribution in [-0.4, -0.2) is 15.3 Å². The molecule has 0 fully saturated rings. The van der Waals surface area contributed by atoms with E-state index in [9.17, 15) is 4.79 Å². The summed E-state index contributed by atoms with van der Waals surface area (Å²) in [4.78, 5) is 17.2. The van der Waals surface area contributed by atoms with Crippen LogP contribution in [0.15, 0.2) is 73.1 Å². The first-order chi connectivity index (χ1) is 14.1. The Bertz CT molecular complexity index is 1160. The molecule has 4 rings (SSSR count). The molecule has 29 heavy (non-hydrogen) atoms. The summed E-state index contributed by atoms with van der Waals surface area (Å²) in [6, 6.07) is 19.1. The lowest BCUT2D eigenvalue weighted by molar-refractivity contribution is 0.102. The summed E-state index contributed by atoms with van der Waals surface area (Å²) >= 11 is 0. The Hall–Kier alpha value is -3.60. The third kappa shape index (κ3) is 4.29. The third-order valence-electron chi connectivity index (χ3n) is 4.80. The van der Waals surface area contributed by atoms with Gasteiger partial charge < -0.3 is 14.5 Å². The second-order valence-corrected chi connectivity index (χ2v) is 6.98. The van der Waals surface area contributed by atoms with E-state index in [0.717, 1.165) is 29.0 Å². The summed E-state index contributed by atoms with van der Waals surface area (Å²) in [6.07, 6.45) is 4.85. The molecule has 5 heteroatoms. The highest BCUT2D eigenvalue weighted by molar-refractivity contribution is 6.04. The molecule has 0 unspecified atom stereocenters. The zero-order valence-corrected chi connectivity index (χ0v) is 16.6. The van der Waals surface area contributed by atoms with Crippen LogP contribution >= 0.6 is 0 Å². The minimum Gasteiger partial charge on any atom is -0.487 e. The van der Waals surface area contributed by atoms with E-state index in [4.69, 9.17) is 4.74 Å². The highest BCUT2D eigenvalue weighted by atomic mass is 16.5. The van der Waals surface area contributed by atoms with Crippen LogP contribution in [-0.2, 0) is 13.0 Å². The lowest BCUT2D eigenvalue weighted by Gasteiger charge is -2.09. The molecule has 0 aliphatic heterocycles. The number of amides is 1. The van der Waals surface area contributed by atoms with Gasteiger partial charge in [0.25, 0.3) is 5.91 Å². The van der Waals surface area contributed by atoms with Crippen molar-refractivity contribution in [3.8, 4) is 5.75 Å². The summed E-state index contributed by atoms with van der Waals surface area (Å²) < 4.78 is 7.87. The molecule has 2 heterocycles. The van der Waals surface area contributed by atoms with Crippen molar-refractivity contribution < 1.29 is 9.53 Å². The van der Waals surface area contributed by atoms with Crippen LogP contribution in [0.1, 0.15) is 34.1 Å². The molecule has 5 nitrogen and oxygen atoms in total.